The van der Waals surface area contributed by atoms with E-state index in [0.717, 1.165) is 17.4 Å². The van der Waals surface area contributed by atoms with Crippen LogP contribution in [0.1, 0.15) is 48.1 Å². The van der Waals surface area contributed by atoms with Gasteiger partial charge in [-0.05, 0) is 74.4 Å². The number of halogens is 1. The van der Waals surface area contributed by atoms with Crippen molar-refractivity contribution in [3.63, 3.8) is 0 Å². The lowest BCUT2D eigenvalue weighted by molar-refractivity contribution is 0.427. The van der Waals surface area contributed by atoms with Gasteiger partial charge in [-0.2, -0.15) is 0 Å². The molecule has 2 rings (SSSR count). The Labute approximate surface area is 110 Å². The molecule has 0 aromatic heterocycles. The molecule has 1 aromatic carbocycles. The van der Waals surface area contributed by atoms with Gasteiger partial charge in [0, 0.05) is 11.1 Å². The molecule has 94 valence electrons. The molecule has 0 fully saturated rings. The van der Waals surface area contributed by atoms with Crippen LogP contribution in [-0.4, -0.2) is 7.05 Å². The van der Waals surface area contributed by atoms with Gasteiger partial charge in [0.15, 0.2) is 0 Å². The van der Waals surface area contributed by atoms with Gasteiger partial charge in [0.05, 0.1) is 0 Å². The van der Waals surface area contributed by atoms with Gasteiger partial charge in [-0.3, -0.25) is 0 Å². The average Bonchev–Trinajstić information content (AvgIpc) is 2.45. The Morgan fingerprint density at radius 3 is 2.71 bits per heavy atom. The largest absolute Gasteiger partial charge is 0.313 e. The van der Waals surface area contributed by atoms with Crippen molar-refractivity contribution in [1.82, 2.24) is 5.32 Å². The Balaban J connectivity index is 2.59. The third-order valence-electron chi connectivity index (χ3n) is 4.17. The zero-order valence-corrected chi connectivity index (χ0v) is 12.0. The first-order chi connectivity index (χ1) is 8.04. The monoisotopic (exact) mass is 251 g/mol. The summed E-state index contributed by atoms with van der Waals surface area (Å²) in [5.74, 6) is 0.760. The van der Waals surface area contributed by atoms with Crippen LogP contribution in [0.25, 0.3) is 0 Å². The highest BCUT2D eigenvalue weighted by Crippen LogP contribution is 2.38. The van der Waals surface area contributed by atoms with Crippen molar-refractivity contribution in [3.8, 4) is 0 Å². The zero-order chi connectivity index (χ0) is 12.6. The summed E-state index contributed by atoms with van der Waals surface area (Å²) in [7, 11) is 2.06. The average molecular weight is 252 g/mol. The quantitative estimate of drug-likeness (QED) is 0.738. The van der Waals surface area contributed by atoms with Crippen molar-refractivity contribution < 1.29 is 0 Å². The summed E-state index contributed by atoms with van der Waals surface area (Å²) in [6.07, 6.45) is 3.58. The lowest BCUT2D eigenvalue weighted by atomic mass is 9.91. The van der Waals surface area contributed by atoms with Gasteiger partial charge in [0.2, 0.25) is 0 Å². The first-order valence-corrected chi connectivity index (χ1v) is 6.88. The van der Waals surface area contributed by atoms with Crippen LogP contribution in [0.15, 0.2) is 6.07 Å². The second-order valence-electron chi connectivity index (χ2n) is 5.41. The number of fused-ring (bicyclic) bond motifs is 1. The van der Waals surface area contributed by atoms with Crippen LogP contribution >= 0.6 is 11.6 Å². The predicted molar refractivity (Wildman–Crippen MR) is 74.8 cm³/mol. The molecule has 0 amide bonds. The van der Waals surface area contributed by atoms with E-state index < -0.39 is 0 Å². The van der Waals surface area contributed by atoms with Gasteiger partial charge < -0.3 is 5.32 Å². The molecule has 0 radical (unpaired) electrons. The molecule has 2 unspecified atom stereocenters. The van der Waals surface area contributed by atoms with E-state index in [9.17, 15) is 0 Å². The van der Waals surface area contributed by atoms with E-state index in [0.29, 0.717) is 6.04 Å². The Morgan fingerprint density at radius 1 is 1.35 bits per heavy atom. The number of benzene rings is 1. The maximum absolute atomic E-state index is 6.43. The zero-order valence-electron chi connectivity index (χ0n) is 11.2. The SMILES string of the molecule is CNC1CC(C)CCc2c(Cl)cc(C)c(C)c21. The lowest BCUT2D eigenvalue weighted by Gasteiger charge is -2.23. The third kappa shape index (κ3) is 2.36. The van der Waals surface area contributed by atoms with Gasteiger partial charge in [-0.25, -0.2) is 0 Å². The molecule has 0 aliphatic heterocycles. The van der Waals surface area contributed by atoms with E-state index in [-0.39, 0.29) is 0 Å². The van der Waals surface area contributed by atoms with Crippen LogP contribution in [0.3, 0.4) is 0 Å². The molecule has 2 atom stereocenters. The van der Waals surface area contributed by atoms with Crippen molar-refractivity contribution in [1.29, 1.82) is 0 Å². The minimum Gasteiger partial charge on any atom is -0.313 e. The number of aryl methyl sites for hydroxylation is 1. The molecule has 0 spiro atoms. The third-order valence-corrected chi connectivity index (χ3v) is 4.51. The second-order valence-corrected chi connectivity index (χ2v) is 5.82. The Morgan fingerprint density at radius 2 is 2.06 bits per heavy atom. The lowest BCUT2D eigenvalue weighted by Crippen LogP contribution is -2.20. The van der Waals surface area contributed by atoms with Crippen LogP contribution in [-0.2, 0) is 6.42 Å². The molecule has 0 saturated heterocycles. The molecule has 1 aliphatic rings. The van der Waals surface area contributed by atoms with E-state index in [4.69, 9.17) is 11.6 Å². The molecule has 0 saturated carbocycles. The molecule has 0 bridgehead atoms. The summed E-state index contributed by atoms with van der Waals surface area (Å²) >= 11 is 6.43. The first-order valence-electron chi connectivity index (χ1n) is 6.50. The van der Waals surface area contributed by atoms with Crippen molar-refractivity contribution in [3.05, 3.63) is 33.3 Å². The highest BCUT2D eigenvalue weighted by atomic mass is 35.5. The van der Waals surface area contributed by atoms with Crippen LogP contribution in [0.4, 0.5) is 0 Å². The molecule has 1 aromatic rings. The molecular formula is C15H22ClN. The predicted octanol–water partition coefficient (Wildman–Crippen LogP) is 4.19. The van der Waals surface area contributed by atoms with Crippen molar-refractivity contribution in [2.24, 2.45) is 5.92 Å². The fraction of sp³-hybridized carbons (Fsp3) is 0.600. The first kappa shape index (κ1) is 12.9. The fourth-order valence-electron chi connectivity index (χ4n) is 2.97. The standard InChI is InChI=1S/C15H22ClN/c1-9-5-6-12-13(16)8-10(2)11(3)15(12)14(7-9)17-4/h8-9,14,17H,5-7H2,1-4H3. The molecule has 17 heavy (non-hydrogen) atoms. The van der Waals surface area contributed by atoms with Crippen LogP contribution in [0.2, 0.25) is 5.02 Å². The number of hydrogen-bond acceptors (Lipinski definition) is 1. The van der Waals surface area contributed by atoms with Crippen molar-refractivity contribution in [2.75, 3.05) is 7.05 Å². The van der Waals surface area contributed by atoms with E-state index in [1.54, 1.807) is 0 Å². The summed E-state index contributed by atoms with van der Waals surface area (Å²) in [5, 5.41) is 4.42. The van der Waals surface area contributed by atoms with Gasteiger partial charge >= 0.3 is 0 Å². The maximum atomic E-state index is 6.43. The molecular weight excluding hydrogens is 230 g/mol. The van der Waals surface area contributed by atoms with Crippen LogP contribution in [0.5, 0.6) is 0 Å². The topological polar surface area (TPSA) is 12.0 Å². The summed E-state index contributed by atoms with van der Waals surface area (Å²) < 4.78 is 0. The Hall–Kier alpha value is -0.530. The normalized spacial score (nSPS) is 24.3. The van der Waals surface area contributed by atoms with Gasteiger partial charge in [-0.1, -0.05) is 18.5 Å². The minimum atomic E-state index is 0.458. The number of rotatable bonds is 1. The molecule has 1 N–H and O–H groups in total. The maximum Gasteiger partial charge on any atom is 0.0444 e. The Kier molecular flexibility index (Phi) is 3.79. The smallest absolute Gasteiger partial charge is 0.0444 e. The molecule has 2 heteroatoms. The van der Waals surface area contributed by atoms with E-state index in [1.807, 2.05) is 0 Å². The summed E-state index contributed by atoms with van der Waals surface area (Å²) in [6.45, 7) is 6.72. The van der Waals surface area contributed by atoms with E-state index >= 15 is 0 Å². The van der Waals surface area contributed by atoms with Gasteiger partial charge in [0.25, 0.3) is 0 Å². The minimum absolute atomic E-state index is 0.458. The van der Waals surface area contributed by atoms with Crippen LogP contribution in [0, 0.1) is 19.8 Å². The van der Waals surface area contributed by atoms with Gasteiger partial charge in [0.1, 0.15) is 0 Å². The highest BCUT2D eigenvalue weighted by Gasteiger charge is 2.25. The van der Waals surface area contributed by atoms with Crippen molar-refractivity contribution >= 4 is 11.6 Å². The fourth-order valence-corrected chi connectivity index (χ4v) is 3.33. The van der Waals surface area contributed by atoms with Crippen LogP contribution < -0.4 is 5.32 Å². The van der Waals surface area contributed by atoms with Gasteiger partial charge in [-0.15, -0.1) is 0 Å². The van der Waals surface area contributed by atoms with E-state index in [1.165, 1.54) is 35.1 Å². The van der Waals surface area contributed by atoms with E-state index in [2.05, 4.69) is 39.2 Å². The molecule has 0 heterocycles. The van der Waals surface area contributed by atoms with Crippen molar-refractivity contribution in [2.45, 2.75) is 46.1 Å². The summed E-state index contributed by atoms with van der Waals surface area (Å²) in [4.78, 5) is 0. The Bertz CT molecular complexity index is 425. The molecule has 1 nitrogen and oxygen atoms in total. The summed E-state index contributed by atoms with van der Waals surface area (Å²) in [5.41, 5.74) is 5.56. The molecule has 1 aliphatic carbocycles. The highest BCUT2D eigenvalue weighted by molar-refractivity contribution is 6.31. The number of hydrogen-bond donors (Lipinski definition) is 1. The second kappa shape index (κ2) is 4.99. The number of nitrogens with one attached hydrogen (secondary N) is 1. The summed E-state index contributed by atoms with van der Waals surface area (Å²) in [6, 6.07) is 2.58.